The number of rotatable bonds is 3. The molecule has 1 saturated heterocycles. The summed E-state index contributed by atoms with van der Waals surface area (Å²) in [5.74, 6) is 0. The Labute approximate surface area is 115 Å². The summed E-state index contributed by atoms with van der Waals surface area (Å²) in [5.41, 5.74) is 7.03. The molecule has 0 spiro atoms. The number of nitrogens with two attached hydrogens (primary N) is 1. The van der Waals surface area contributed by atoms with E-state index in [1.165, 1.54) is 4.90 Å². The molecule has 0 amide bonds. The number of ether oxygens (including phenoxy) is 1. The molecule has 0 saturated carbocycles. The zero-order chi connectivity index (χ0) is 12.4. The predicted molar refractivity (Wildman–Crippen MR) is 76.4 cm³/mol. The highest BCUT2D eigenvalue weighted by Gasteiger charge is 2.25. The molecule has 1 aliphatic heterocycles. The van der Waals surface area contributed by atoms with Crippen LogP contribution in [0.4, 0.5) is 0 Å². The van der Waals surface area contributed by atoms with Crippen LogP contribution in [0.5, 0.6) is 0 Å². The van der Waals surface area contributed by atoms with E-state index >= 15 is 0 Å². The van der Waals surface area contributed by atoms with Crippen LogP contribution in [0.1, 0.15) is 31.9 Å². The van der Waals surface area contributed by atoms with Crippen LogP contribution in [0.25, 0.3) is 0 Å². The lowest BCUT2D eigenvalue weighted by molar-refractivity contribution is 0.127. The Kier molecular flexibility index (Phi) is 4.53. The first-order valence-electron chi connectivity index (χ1n) is 5.91. The van der Waals surface area contributed by atoms with E-state index in [-0.39, 0.29) is 6.04 Å². The molecule has 4 heteroatoms. The smallest absolute Gasteiger partial charge is 0.0669 e. The number of thioether (sulfide) groups is 1. The maximum atomic E-state index is 5.87. The Morgan fingerprint density at radius 1 is 1.53 bits per heavy atom. The normalized spacial score (nSPS) is 26.1. The Morgan fingerprint density at radius 3 is 2.82 bits per heavy atom. The van der Waals surface area contributed by atoms with Crippen LogP contribution in [0, 0.1) is 0 Å². The molecule has 2 nitrogen and oxygen atoms in total. The minimum atomic E-state index is 0.0825. The van der Waals surface area contributed by atoms with Gasteiger partial charge in [-0.05, 0) is 53.9 Å². The largest absolute Gasteiger partial charge is 0.377 e. The summed E-state index contributed by atoms with van der Waals surface area (Å²) in [5, 5.41) is 0.562. The van der Waals surface area contributed by atoms with Crippen molar-refractivity contribution in [3.05, 3.63) is 28.2 Å². The SMILES string of the molecule is CC1OCCC1Sc1ccc([C@H](C)N)cc1Br. The number of halogens is 1. The summed E-state index contributed by atoms with van der Waals surface area (Å²) >= 11 is 5.52. The molecule has 2 rings (SSSR count). The molecule has 0 aliphatic carbocycles. The van der Waals surface area contributed by atoms with Crippen LogP contribution in [0.3, 0.4) is 0 Å². The van der Waals surface area contributed by atoms with Crippen LogP contribution >= 0.6 is 27.7 Å². The first-order valence-corrected chi connectivity index (χ1v) is 7.58. The Bertz CT molecular complexity index is 397. The zero-order valence-corrected chi connectivity index (χ0v) is 12.6. The third-order valence-electron chi connectivity index (χ3n) is 3.07. The Balaban J connectivity index is 2.11. The van der Waals surface area contributed by atoms with Crippen LogP contribution in [0.2, 0.25) is 0 Å². The standard InChI is InChI=1S/C13H18BrNOS/c1-8(15)10-3-4-13(11(14)7-10)17-12-5-6-16-9(12)2/h3-4,7-9,12H,5-6,15H2,1-2H3/t8-,9?,12?/m0/s1. The summed E-state index contributed by atoms with van der Waals surface area (Å²) in [7, 11) is 0. The number of hydrogen-bond donors (Lipinski definition) is 1. The topological polar surface area (TPSA) is 35.2 Å². The first-order chi connectivity index (χ1) is 8.08. The highest BCUT2D eigenvalue weighted by molar-refractivity contribution is 9.10. The lowest BCUT2D eigenvalue weighted by atomic mass is 10.1. The molecule has 1 heterocycles. The molecule has 1 aliphatic rings. The molecular weight excluding hydrogens is 298 g/mol. The van der Waals surface area contributed by atoms with Crippen molar-refractivity contribution in [2.75, 3.05) is 6.61 Å². The van der Waals surface area contributed by atoms with Gasteiger partial charge in [-0.3, -0.25) is 0 Å². The molecule has 3 atom stereocenters. The maximum absolute atomic E-state index is 5.87. The number of benzene rings is 1. The highest BCUT2D eigenvalue weighted by Crippen LogP contribution is 2.37. The van der Waals surface area contributed by atoms with E-state index in [0.717, 1.165) is 23.1 Å². The summed E-state index contributed by atoms with van der Waals surface area (Å²) in [4.78, 5) is 1.27. The number of hydrogen-bond acceptors (Lipinski definition) is 3. The van der Waals surface area contributed by atoms with Crippen LogP contribution in [-0.4, -0.2) is 18.0 Å². The van der Waals surface area contributed by atoms with Gasteiger partial charge in [0.05, 0.1) is 6.10 Å². The van der Waals surface area contributed by atoms with E-state index in [1.807, 2.05) is 18.7 Å². The molecule has 2 unspecified atom stereocenters. The van der Waals surface area contributed by atoms with E-state index < -0.39 is 0 Å². The van der Waals surface area contributed by atoms with Gasteiger partial charge >= 0.3 is 0 Å². The van der Waals surface area contributed by atoms with Gasteiger partial charge < -0.3 is 10.5 Å². The lowest BCUT2D eigenvalue weighted by Gasteiger charge is -2.15. The summed E-state index contributed by atoms with van der Waals surface area (Å²) < 4.78 is 6.72. The van der Waals surface area contributed by atoms with Gasteiger partial charge in [-0.1, -0.05) is 6.07 Å². The molecule has 94 valence electrons. The average molecular weight is 316 g/mol. The third kappa shape index (κ3) is 3.25. The molecular formula is C13H18BrNOS. The van der Waals surface area contributed by atoms with Crippen molar-refractivity contribution in [3.8, 4) is 0 Å². The summed E-state index contributed by atoms with van der Waals surface area (Å²) in [6, 6.07) is 6.46. The molecule has 17 heavy (non-hydrogen) atoms. The van der Waals surface area contributed by atoms with Gasteiger partial charge in [-0.2, -0.15) is 0 Å². The lowest BCUT2D eigenvalue weighted by Crippen LogP contribution is -2.13. The van der Waals surface area contributed by atoms with Crippen LogP contribution in [-0.2, 0) is 4.74 Å². The minimum Gasteiger partial charge on any atom is -0.377 e. The molecule has 1 fully saturated rings. The quantitative estimate of drug-likeness (QED) is 0.923. The second-order valence-corrected chi connectivity index (χ2v) is 6.63. The van der Waals surface area contributed by atoms with E-state index in [0.29, 0.717) is 11.4 Å². The van der Waals surface area contributed by atoms with Crippen LogP contribution in [0.15, 0.2) is 27.6 Å². The molecule has 1 aromatic carbocycles. The van der Waals surface area contributed by atoms with Gasteiger partial charge in [-0.15, -0.1) is 11.8 Å². The molecule has 0 bridgehead atoms. The fourth-order valence-corrected chi connectivity index (χ4v) is 3.73. The van der Waals surface area contributed by atoms with Gasteiger partial charge in [0.25, 0.3) is 0 Å². The van der Waals surface area contributed by atoms with Crippen molar-refractivity contribution in [3.63, 3.8) is 0 Å². The summed E-state index contributed by atoms with van der Waals surface area (Å²) in [6.07, 6.45) is 1.48. The van der Waals surface area contributed by atoms with Gasteiger partial charge in [0, 0.05) is 27.3 Å². The van der Waals surface area contributed by atoms with Gasteiger partial charge in [0.1, 0.15) is 0 Å². The fourth-order valence-electron chi connectivity index (χ4n) is 1.93. The second-order valence-electron chi connectivity index (χ2n) is 4.50. The van der Waals surface area contributed by atoms with Crippen molar-refractivity contribution < 1.29 is 4.74 Å². The first kappa shape index (κ1) is 13.4. The van der Waals surface area contributed by atoms with Crippen molar-refractivity contribution in [2.24, 2.45) is 5.73 Å². The van der Waals surface area contributed by atoms with Gasteiger partial charge in [0.2, 0.25) is 0 Å². The average Bonchev–Trinajstić information content (AvgIpc) is 2.67. The van der Waals surface area contributed by atoms with Crippen molar-refractivity contribution in [2.45, 2.75) is 42.6 Å². The zero-order valence-electron chi connectivity index (χ0n) is 10.2. The third-order valence-corrected chi connectivity index (χ3v) is 5.52. The highest BCUT2D eigenvalue weighted by atomic mass is 79.9. The molecule has 0 radical (unpaired) electrons. The van der Waals surface area contributed by atoms with E-state index in [2.05, 4.69) is 41.1 Å². The monoisotopic (exact) mass is 315 g/mol. The second kappa shape index (κ2) is 5.74. The minimum absolute atomic E-state index is 0.0825. The van der Waals surface area contributed by atoms with Crippen molar-refractivity contribution in [1.29, 1.82) is 0 Å². The molecule has 2 N–H and O–H groups in total. The van der Waals surface area contributed by atoms with Crippen molar-refractivity contribution >= 4 is 27.7 Å². The Hall–Kier alpha value is -0.0300. The van der Waals surface area contributed by atoms with Crippen molar-refractivity contribution in [1.82, 2.24) is 0 Å². The van der Waals surface area contributed by atoms with E-state index in [9.17, 15) is 0 Å². The fraction of sp³-hybridized carbons (Fsp3) is 0.538. The van der Waals surface area contributed by atoms with E-state index in [1.54, 1.807) is 0 Å². The van der Waals surface area contributed by atoms with E-state index in [4.69, 9.17) is 10.5 Å². The maximum Gasteiger partial charge on any atom is 0.0669 e. The molecule has 0 aromatic heterocycles. The predicted octanol–water partition coefficient (Wildman–Crippen LogP) is 3.74. The van der Waals surface area contributed by atoms with Gasteiger partial charge in [-0.25, -0.2) is 0 Å². The van der Waals surface area contributed by atoms with Gasteiger partial charge in [0.15, 0.2) is 0 Å². The Morgan fingerprint density at radius 2 is 2.29 bits per heavy atom. The molecule has 1 aromatic rings. The van der Waals surface area contributed by atoms with Crippen LogP contribution < -0.4 is 5.73 Å². The summed E-state index contributed by atoms with van der Waals surface area (Å²) in [6.45, 7) is 5.03.